The molecule has 0 bridgehead atoms. The van der Waals surface area contributed by atoms with Gasteiger partial charge in [0.15, 0.2) is 0 Å². The Kier molecular flexibility index (Phi) is 56.2. The van der Waals surface area contributed by atoms with Crippen LogP contribution in [0, 0.1) is 0 Å². The predicted molar refractivity (Wildman–Crippen MR) is 339 cm³/mol. The van der Waals surface area contributed by atoms with Crippen LogP contribution < -0.4 is 10.2 Å². The van der Waals surface area contributed by atoms with Gasteiger partial charge < -0.3 is 28.8 Å². The number of aliphatic hydroxyl groups excluding tert-OH is 1. The number of phosphoric acid groups is 1. The Hall–Kier alpha value is -3.10. The first kappa shape index (κ1) is 74.9. The van der Waals surface area contributed by atoms with Crippen LogP contribution in [0.3, 0.4) is 0 Å². The SMILES string of the molecule is CC/C=C\C/C=C\C/C=C\C/C=C\C/C=C\C/C=C\C/C=C\C/C=C\CCCCCCC(=O)NC(COP(=O)([O-])OCC[N+](C)(C)C)C(O)/C=C/CC/C=C/CCCCCCCCCCCCCCCCCCCCCCC. The predicted octanol–water partition coefficient (Wildman–Crippen LogP) is 19.5. The molecule has 1 amide bonds. The number of amides is 1. The summed E-state index contributed by atoms with van der Waals surface area (Å²) in [5, 5.41) is 13.9. The number of allylic oxidation sites excluding steroid dienone is 19. The summed E-state index contributed by atoms with van der Waals surface area (Å²) in [6.07, 6.45) is 87.3. The molecule has 9 heteroatoms. The molecule has 2 N–H and O–H groups in total. The quantitative estimate of drug-likeness (QED) is 0.0272. The van der Waals surface area contributed by atoms with Crippen LogP contribution in [-0.2, 0) is 18.4 Å². The third kappa shape index (κ3) is 60.5. The van der Waals surface area contributed by atoms with Crippen LogP contribution in [0.5, 0.6) is 0 Å². The molecule has 0 heterocycles. The Balaban J connectivity index is 4.30. The molecule has 0 aromatic heterocycles. The molecule has 0 spiro atoms. The monoisotopic (exact) mass is 1100 g/mol. The van der Waals surface area contributed by atoms with Gasteiger partial charge in [0.1, 0.15) is 13.2 Å². The fourth-order valence-electron chi connectivity index (χ4n) is 8.71. The fraction of sp³-hybridized carbons (Fsp3) is 0.696. The number of likely N-dealkylation sites (N-methyl/N-ethyl adjacent to an activating group) is 1. The molecule has 3 atom stereocenters. The molecule has 0 aromatic rings. The zero-order valence-electron chi connectivity index (χ0n) is 51.1. The number of phosphoric ester groups is 1. The summed E-state index contributed by atoms with van der Waals surface area (Å²) in [4.78, 5) is 25.6. The maximum atomic E-state index is 13.0. The van der Waals surface area contributed by atoms with Crippen molar-refractivity contribution in [1.82, 2.24) is 5.32 Å². The number of unbranched alkanes of at least 4 members (excludes halogenated alkanes) is 26. The van der Waals surface area contributed by atoms with E-state index in [1.165, 1.54) is 135 Å². The molecule has 78 heavy (non-hydrogen) atoms. The van der Waals surface area contributed by atoms with Crippen LogP contribution >= 0.6 is 7.82 Å². The van der Waals surface area contributed by atoms with Gasteiger partial charge in [0.2, 0.25) is 5.91 Å². The average Bonchev–Trinajstić information content (AvgIpc) is 3.41. The van der Waals surface area contributed by atoms with Crippen LogP contribution in [0.25, 0.3) is 0 Å². The second kappa shape index (κ2) is 58.6. The molecule has 8 nitrogen and oxygen atoms in total. The van der Waals surface area contributed by atoms with Crippen molar-refractivity contribution in [2.75, 3.05) is 40.9 Å². The molecule has 0 aliphatic carbocycles. The summed E-state index contributed by atoms with van der Waals surface area (Å²) < 4.78 is 23.4. The number of hydrogen-bond donors (Lipinski definition) is 2. The smallest absolute Gasteiger partial charge is 0.268 e. The Labute approximate surface area is 482 Å². The molecular formula is C69H121N2O6P. The Bertz CT molecular complexity index is 1680. The van der Waals surface area contributed by atoms with Gasteiger partial charge in [-0.25, -0.2) is 0 Å². The number of nitrogens with zero attached hydrogens (tertiary/aromatic N) is 1. The Morgan fingerprint density at radius 2 is 0.795 bits per heavy atom. The van der Waals surface area contributed by atoms with Gasteiger partial charge in [-0.3, -0.25) is 9.36 Å². The number of aliphatic hydroxyl groups is 1. The first-order chi connectivity index (χ1) is 38.0. The van der Waals surface area contributed by atoms with E-state index in [-0.39, 0.29) is 12.5 Å². The van der Waals surface area contributed by atoms with Gasteiger partial charge in [0.05, 0.1) is 39.9 Å². The molecule has 448 valence electrons. The lowest BCUT2D eigenvalue weighted by atomic mass is 10.0. The molecule has 0 radical (unpaired) electrons. The summed E-state index contributed by atoms with van der Waals surface area (Å²) in [6.45, 7) is 4.50. The molecule has 0 aliphatic rings. The lowest BCUT2D eigenvalue weighted by molar-refractivity contribution is -0.870. The van der Waals surface area contributed by atoms with E-state index in [1.807, 2.05) is 27.2 Å². The molecule has 0 saturated carbocycles. The number of carbonyl (C=O) groups excluding carboxylic acids is 1. The van der Waals surface area contributed by atoms with Crippen molar-refractivity contribution in [1.29, 1.82) is 0 Å². The molecule has 0 aromatic carbocycles. The van der Waals surface area contributed by atoms with Crippen molar-refractivity contribution in [2.24, 2.45) is 0 Å². The third-order valence-corrected chi connectivity index (χ3v) is 14.6. The molecule has 0 aliphatic heterocycles. The molecule has 0 fully saturated rings. The minimum atomic E-state index is -4.63. The van der Waals surface area contributed by atoms with Crippen molar-refractivity contribution >= 4 is 13.7 Å². The Morgan fingerprint density at radius 3 is 1.19 bits per heavy atom. The van der Waals surface area contributed by atoms with Gasteiger partial charge in [0.25, 0.3) is 7.82 Å². The number of carbonyl (C=O) groups is 1. The van der Waals surface area contributed by atoms with Crippen LogP contribution in [0.15, 0.2) is 122 Å². The van der Waals surface area contributed by atoms with Gasteiger partial charge >= 0.3 is 0 Å². The number of rotatable bonds is 57. The summed E-state index contributed by atoms with van der Waals surface area (Å²) in [7, 11) is 1.21. The minimum absolute atomic E-state index is 0.0184. The highest BCUT2D eigenvalue weighted by molar-refractivity contribution is 7.45. The van der Waals surface area contributed by atoms with Crippen molar-refractivity contribution in [3.63, 3.8) is 0 Å². The van der Waals surface area contributed by atoms with Crippen LogP contribution in [0.1, 0.15) is 258 Å². The summed E-state index contributed by atoms with van der Waals surface area (Å²) in [6, 6.07) is -0.928. The summed E-state index contributed by atoms with van der Waals surface area (Å²) in [5.74, 6) is -0.235. The van der Waals surface area contributed by atoms with Crippen molar-refractivity contribution < 1.29 is 32.9 Å². The van der Waals surface area contributed by atoms with Crippen LogP contribution in [-0.4, -0.2) is 68.5 Å². The summed E-state index contributed by atoms with van der Waals surface area (Å²) >= 11 is 0. The largest absolute Gasteiger partial charge is 0.756 e. The maximum absolute atomic E-state index is 13.0. The Morgan fingerprint density at radius 1 is 0.462 bits per heavy atom. The van der Waals surface area contributed by atoms with E-state index in [4.69, 9.17) is 9.05 Å². The van der Waals surface area contributed by atoms with E-state index in [0.29, 0.717) is 23.9 Å². The number of nitrogens with one attached hydrogen (secondary N) is 1. The highest BCUT2D eigenvalue weighted by Crippen LogP contribution is 2.38. The molecule has 0 saturated heterocycles. The second-order valence-corrected chi connectivity index (χ2v) is 23.8. The van der Waals surface area contributed by atoms with Crippen molar-refractivity contribution in [3.8, 4) is 0 Å². The first-order valence-corrected chi connectivity index (χ1v) is 33.4. The third-order valence-electron chi connectivity index (χ3n) is 13.7. The van der Waals surface area contributed by atoms with E-state index in [2.05, 4.69) is 129 Å². The van der Waals surface area contributed by atoms with Gasteiger partial charge in [-0.15, -0.1) is 0 Å². The lowest BCUT2D eigenvalue weighted by Gasteiger charge is -2.29. The highest BCUT2D eigenvalue weighted by Gasteiger charge is 2.23. The zero-order chi connectivity index (χ0) is 57.0. The van der Waals surface area contributed by atoms with Gasteiger partial charge in [-0.05, 0) is 96.3 Å². The number of hydrogen-bond acceptors (Lipinski definition) is 6. The molecule has 0 rings (SSSR count). The topological polar surface area (TPSA) is 108 Å². The normalized spacial score (nSPS) is 14.6. The van der Waals surface area contributed by atoms with E-state index in [9.17, 15) is 19.4 Å². The van der Waals surface area contributed by atoms with Crippen LogP contribution in [0.4, 0.5) is 0 Å². The van der Waals surface area contributed by atoms with Crippen LogP contribution in [0.2, 0.25) is 0 Å². The lowest BCUT2D eigenvalue weighted by Crippen LogP contribution is -2.45. The molecular weight excluding hydrogens is 984 g/mol. The first-order valence-electron chi connectivity index (χ1n) is 31.9. The standard InChI is InChI=1S/C69H121N2O6P/c1-6-8-10-12-14-16-18-20-22-24-26-28-30-32-34-35-37-39-41-43-45-47-49-51-53-55-57-59-61-63-69(73)70-67(66-77-78(74,75)76-65-64-71(3,4)5)68(72)62-60-58-56-54-52-50-48-46-44-42-40-38-36-33-31-29-27-25-23-21-19-17-15-13-11-9-7-2/h8,10,14,16,20,22,26,28,32,34,37,39,43,45,49,51-52,54,60,62,67-68,72H,6-7,9,11-13,15,17-19,21,23-25,27,29-31,33,35-36,38,40-42,44,46-48,50,53,55-59,61,63-66H2,1-5H3,(H-,70,73,74,75)/b10-8-,16-14-,22-20-,28-26-,34-32-,39-37-,45-43-,51-49-,54-52+,62-60+. The zero-order valence-corrected chi connectivity index (χ0v) is 52.0. The van der Waals surface area contributed by atoms with Crippen molar-refractivity contribution in [3.05, 3.63) is 122 Å². The minimum Gasteiger partial charge on any atom is -0.756 e. The summed E-state index contributed by atoms with van der Waals surface area (Å²) in [5.41, 5.74) is 0. The maximum Gasteiger partial charge on any atom is 0.268 e. The van der Waals surface area contributed by atoms with E-state index < -0.39 is 26.6 Å². The molecule has 3 unspecified atom stereocenters. The second-order valence-electron chi connectivity index (χ2n) is 22.4. The van der Waals surface area contributed by atoms with Gasteiger partial charge in [-0.2, -0.15) is 0 Å². The number of quaternary nitrogens is 1. The van der Waals surface area contributed by atoms with E-state index >= 15 is 0 Å². The van der Waals surface area contributed by atoms with Gasteiger partial charge in [0, 0.05) is 6.42 Å². The van der Waals surface area contributed by atoms with E-state index in [0.717, 1.165) is 96.3 Å². The fourth-order valence-corrected chi connectivity index (χ4v) is 9.44. The van der Waals surface area contributed by atoms with Crippen molar-refractivity contribution in [2.45, 2.75) is 270 Å². The average molecular weight is 1110 g/mol. The van der Waals surface area contributed by atoms with Gasteiger partial charge in [-0.1, -0.05) is 277 Å². The van der Waals surface area contributed by atoms with E-state index in [1.54, 1.807) is 6.08 Å². The highest BCUT2D eigenvalue weighted by atomic mass is 31.2.